The zero-order chi connectivity index (χ0) is 22.9. The SMILES string of the molecule is CC(C)c1ccc(F)c(C(C)C)c1CC(=O)/N=N/[SH](N)(=O)c1cnc(C(C)(C)O)s1. The Hall–Kier alpha value is -1.88. The van der Waals surface area contributed by atoms with Crippen LogP contribution in [0.5, 0.6) is 0 Å². The van der Waals surface area contributed by atoms with Gasteiger partial charge in [0.2, 0.25) is 0 Å². The lowest BCUT2D eigenvalue weighted by molar-refractivity contribution is -0.117. The van der Waals surface area contributed by atoms with E-state index in [0.29, 0.717) is 16.1 Å². The van der Waals surface area contributed by atoms with Gasteiger partial charge in [-0.05, 0) is 48.4 Å². The second kappa shape index (κ2) is 9.09. The summed E-state index contributed by atoms with van der Waals surface area (Å²) >= 11 is 0.953. The van der Waals surface area contributed by atoms with Crippen LogP contribution in [0.3, 0.4) is 0 Å². The van der Waals surface area contributed by atoms with Gasteiger partial charge in [-0.2, -0.15) is 0 Å². The fourth-order valence-electron chi connectivity index (χ4n) is 3.06. The van der Waals surface area contributed by atoms with E-state index in [1.807, 2.05) is 27.7 Å². The number of nitrogens with zero attached hydrogens (tertiary/aromatic N) is 3. The summed E-state index contributed by atoms with van der Waals surface area (Å²) in [5.74, 6) is -1.08. The molecule has 1 aromatic carbocycles. The molecule has 1 heterocycles. The molecule has 0 fully saturated rings. The summed E-state index contributed by atoms with van der Waals surface area (Å²) in [5.41, 5.74) is 0.695. The van der Waals surface area contributed by atoms with Crippen molar-refractivity contribution in [3.05, 3.63) is 45.8 Å². The topological polar surface area (TPSA) is 118 Å². The smallest absolute Gasteiger partial charge is 0.269 e. The Kier molecular flexibility index (Phi) is 7.39. The van der Waals surface area contributed by atoms with Crippen molar-refractivity contribution in [1.29, 1.82) is 0 Å². The van der Waals surface area contributed by atoms with E-state index in [4.69, 9.17) is 5.14 Å². The second-order valence-corrected chi connectivity index (χ2v) is 11.5. The van der Waals surface area contributed by atoms with Crippen LogP contribution in [-0.4, -0.2) is 20.2 Å². The van der Waals surface area contributed by atoms with Crippen LogP contribution >= 0.6 is 11.3 Å². The molecule has 0 unspecified atom stereocenters. The summed E-state index contributed by atoms with van der Waals surface area (Å²) in [5, 5.41) is 19.7. The average molecular weight is 457 g/mol. The molecule has 2 aromatic rings. The number of aliphatic hydroxyl groups is 1. The fraction of sp³-hybridized carbons (Fsp3) is 0.500. The average Bonchev–Trinajstić information content (AvgIpc) is 3.11. The lowest BCUT2D eigenvalue weighted by Crippen LogP contribution is -2.19. The quantitative estimate of drug-likeness (QED) is 0.428. The van der Waals surface area contributed by atoms with Gasteiger partial charge in [0, 0.05) is 0 Å². The molecule has 0 spiro atoms. The molecule has 0 atom stereocenters. The highest BCUT2D eigenvalue weighted by Crippen LogP contribution is 2.32. The first-order valence-electron chi connectivity index (χ1n) is 9.59. The van der Waals surface area contributed by atoms with Gasteiger partial charge >= 0.3 is 0 Å². The van der Waals surface area contributed by atoms with Gasteiger partial charge in [-0.1, -0.05) is 38.3 Å². The predicted molar refractivity (Wildman–Crippen MR) is 117 cm³/mol. The lowest BCUT2D eigenvalue weighted by atomic mass is 9.86. The number of amides is 1. The van der Waals surface area contributed by atoms with Crippen molar-refractivity contribution >= 4 is 27.5 Å². The third kappa shape index (κ3) is 5.63. The maximum atomic E-state index is 14.4. The normalized spacial score (nSPS) is 13.6. The molecule has 0 aliphatic carbocycles. The number of halogens is 1. The van der Waals surface area contributed by atoms with Crippen molar-refractivity contribution in [2.24, 2.45) is 14.8 Å². The Morgan fingerprint density at radius 2 is 1.93 bits per heavy atom. The molecule has 1 amide bonds. The van der Waals surface area contributed by atoms with Crippen molar-refractivity contribution in [2.75, 3.05) is 0 Å². The standard InChI is InChI=1S/C20H29FN4O3S2/c1-11(2)13-7-8-15(21)18(12(3)4)14(13)9-16(26)24-25-30(22,28)17-10-23-19(29-17)20(5,6)27/h7-8,10-12,27,30H,9H2,1-6H3,(H2,22,28)/b25-24+. The first-order valence-corrected chi connectivity index (χ1v) is 12.1. The van der Waals surface area contributed by atoms with Gasteiger partial charge in [-0.15, -0.1) is 16.5 Å². The van der Waals surface area contributed by atoms with Crippen molar-refractivity contribution in [2.45, 2.75) is 69.6 Å². The van der Waals surface area contributed by atoms with Crippen molar-refractivity contribution in [1.82, 2.24) is 4.98 Å². The van der Waals surface area contributed by atoms with E-state index in [-0.39, 0.29) is 28.3 Å². The molecule has 2 rings (SSSR count). The summed E-state index contributed by atoms with van der Waals surface area (Å²) in [6, 6.07) is 3.09. The number of hydrogen-bond donors (Lipinski definition) is 3. The van der Waals surface area contributed by atoms with E-state index >= 15 is 0 Å². The molecule has 7 nitrogen and oxygen atoms in total. The molecule has 1 aromatic heterocycles. The summed E-state index contributed by atoms with van der Waals surface area (Å²) in [6.07, 6.45) is 1.10. The minimum absolute atomic E-state index is 0.0842. The first-order chi connectivity index (χ1) is 13.7. The molecular formula is C20H29FN4O3S2. The van der Waals surface area contributed by atoms with E-state index in [2.05, 4.69) is 14.6 Å². The van der Waals surface area contributed by atoms with E-state index in [0.717, 1.165) is 16.9 Å². The molecule has 30 heavy (non-hydrogen) atoms. The van der Waals surface area contributed by atoms with Crippen LogP contribution in [-0.2, 0) is 27.1 Å². The Balaban J connectivity index is 2.31. The summed E-state index contributed by atoms with van der Waals surface area (Å²) in [4.78, 5) is 16.5. The van der Waals surface area contributed by atoms with Crippen molar-refractivity contribution < 1.29 is 18.5 Å². The van der Waals surface area contributed by atoms with Crippen molar-refractivity contribution in [3.63, 3.8) is 0 Å². The number of aromatic nitrogens is 1. The Morgan fingerprint density at radius 1 is 1.30 bits per heavy atom. The molecule has 0 aliphatic rings. The lowest BCUT2D eigenvalue weighted by Gasteiger charge is -2.19. The third-order valence-electron chi connectivity index (χ3n) is 4.49. The van der Waals surface area contributed by atoms with Crippen LogP contribution in [0.1, 0.15) is 75.1 Å². The summed E-state index contributed by atoms with van der Waals surface area (Å²) in [6.45, 7) is 10.7. The monoisotopic (exact) mass is 456 g/mol. The van der Waals surface area contributed by atoms with Gasteiger partial charge in [-0.25, -0.2) is 13.6 Å². The molecule has 10 heteroatoms. The second-order valence-electron chi connectivity index (χ2n) is 8.28. The minimum atomic E-state index is -3.82. The van der Waals surface area contributed by atoms with Gasteiger partial charge < -0.3 is 5.11 Å². The number of rotatable bonds is 7. The zero-order valence-electron chi connectivity index (χ0n) is 18.0. The Bertz CT molecular complexity index is 1010. The fourth-order valence-corrected chi connectivity index (χ4v) is 5.15. The number of thiol groups is 1. The number of hydrogen-bond acceptors (Lipinski definition) is 5. The van der Waals surface area contributed by atoms with Crippen LogP contribution in [0.25, 0.3) is 0 Å². The van der Waals surface area contributed by atoms with E-state index in [9.17, 15) is 18.5 Å². The predicted octanol–water partition coefficient (Wildman–Crippen LogP) is 4.14. The highest BCUT2D eigenvalue weighted by atomic mass is 32.3. The molecule has 3 N–H and O–H groups in total. The molecular weight excluding hydrogens is 427 g/mol. The number of benzene rings is 1. The maximum absolute atomic E-state index is 14.4. The highest BCUT2D eigenvalue weighted by molar-refractivity contribution is 8.01. The molecule has 0 bridgehead atoms. The number of nitrogens with two attached hydrogens (primary N) is 1. The van der Waals surface area contributed by atoms with E-state index in [1.54, 1.807) is 19.9 Å². The summed E-state index contributed by atoms with van der Waals surface area (Å²) in [7, 11) is -3.82. The molecule has 166 valence electrons. The third-order valence-corrected chi connectivity index (χ3v) is 7.76. The number of carbonyl (C=O) groups excluding carboxylic acids is 1. The van der Waals surface area contributed by atoms with Crippen LogP contribution in [0.2, 0.25) is 0 Å². The number of carbonyl (C=O) groups is 1. The van der Waals surface area contributed by atoms with Gasteiger partial charge in [0.05, 0.1) is 22.9 Å². The zero-order valence-corrected chi connectivity index (χ0v) is 19.7. The molecule has 0 aliphatic heterocycles. The highest BCUT2D eigenvalue weighted by Gasteiger charge is 2.24. The minimum Gasteiger partial charge on any atom is -0.383 e. The van der Waals surface area contributed by atoms with Crippen LogP contribution < -0.4 is 5.14 Å². The van der Waals surface area contributed by atoms with Crippen LogP contribution in [0.15, 0.2) is 32.2 Å². The number of thiazole rings is 1. The van der Waals surface area contributed by atoms with Crippen LogP contribution in [0.4, 0.5) is 4.39 Å². The van der Waals surface area contributed by atoms with Crippen molar-refractivity contribution in [3.8, 4) is 0 Å². The van der Waals surface area contributed by atoms with Gasteiger partial charge in [-0.3, -0.25) is 9.93 Å². The maximum Gasteiger partial charge on any atom is 0.269 e. The molecule has 0 saturated heterocycles. The molecule has 0 radical (unpaired) electrons. The summed E-state index contributed by atoms with van der Waals surface area (Å²) < 4.78 is 30.9. The van der Waals surface area contributed by atoms with E-state index < -0.39 is 21.8 Å². The van der Waals surface area contributed by atoms with Gasteiger partial charge in [0.1, 0.15) is 20.6 Å². The molecule has 0 saturated carbocycles. The van der Waals surface area contributed by atoms with E-state index in [1.165, 1.54) is 12.3 Å². The first kappa shape index (κ1) is 24.4. The van der Waals surface area contributed by atoms with Crippen LogP contribution in [0, 0.1) is 5.82 Å². The largest absolute Gasteiger partial charge is 0.383 e. The Labute approximate surface area is 181 Å². The Morgan fingerprint density at radius 3 is 2.43 bits per heavy atom. The van der Waals surface area contributed by atoms with Gasteiger partial charge in [0.25, 0.3) is 5.91 Å². The van der Waals surface area contributed by atoms with Gasteiger partial charge in [0.15, 0.2) is 0 Å².